The molecule has 1 amide bonds. The molecule has 0 saturated carbocycles. The Balaban J connectivity index is 1.73. The summed E-state index contributed by atoms with van der Waals surface area (Å²) in [5.41, 5.74) is 3.54. The predicted octanol–water partition coefficient (Wildman–Crippen LogP) is 5.42. The monoisotopic (exact) mass is 492 g/mol. The fraction of sp³-hybridized carbons (Fsp3) is 0.208. The summed E-state index contributed by atoms with van der Waals surface area (Å²) in [7, 11) is -3.57. The van der Waals surface area contributed by atoms with Gasteiger partial charge in [0.1, 0.15) is 5.75 Å². The van der Waals surface area contributed by atoms with Crippen LogP contribution >= 0.6 is 0 Å². The number of ether oxygens (including phenoxy) is 1. The maximum atomic E-state index is 12.5. The van der Waals surface area contributed by atoms with E-state index in [-0.39, 0.29) is 6.54 Å². The van der Waals surface area contributed by atoms with E-state index in [0.29, 0.717) is 22.5 Å². The summed E-state index contributed by atoms with van der Waals surface area (Å²) < 4.78 is 66.9. The van der Waals surface area contributed by atoms with Gasteiger partial charge in [-0.25, -0.2) is 8.42 Å². The van der Waals surface area contributed by atoms with Crippen LogP contribution in [0, 0.1) is 13.8 Å². The van der Waals surface area contributed by atoms with Crippen LogP contribution in [0.1, 0.15) is 27.0 Å². The molecule has 0 aromatic heterocycles. The normalized spacial score (nSPS) is 11.7. The summed E-state index contributed by atoms with van der Waals surface area (Å²) in [6, 6.07) is 16.7. The van der Waals surface area contributed by atoms with Crippen LogP contribution in [0.25, 0.3) is 0 Å². The molecule has 180 valence electrons. The zero-order valence-electron chi connectivity index (χ0n) is 18.7. The van der Waals surface area contributed by atoms with Crippen molar-refractivity contribution < 1.29 is 31.1 Å². The molecule has 1 N–H and O–H groups in total. The standard InChI is InChI=1S/C24H23F3N2O4S/c1-16-5-4-6-17(2)22(16)29(34(3,31)32)15-18-7-9-19(10-8-18)23(30)28-20-11-13-21(14-12-20)33-24(25,26)27/h4-14H,15H2,1-3H3,(H,28,30). The lowest BCUT2D eigenvalue weighted by molar-refractivity contribution is -0.274. The number of amides is 1. The number of rotatable bonds is 7. The average Bonchev–Trinajstić information content (AvgIpc) is 2.73. The van der Waals surface area contributed by atoms with E-state index in [4.69, 9.17) is 0 Å². The second-order valence-electron chi connectivity index (χ2n) is 7.73. The van der Waals surface area contributed by atoms with Gasteiger partial charge < -0.3 is 10.1 Å². The number of para-hydroxylation sites is 1. The second kappa shape index (κ2) is 9.76. The van der Waals surface area contributed by atoms with Crippen molar-refractivity contribution in [1.82, 2.24) is 0 Å². The fourth-order valence-corrected chi connectivity index (χ4v) is 4.43. The van der Waals surface area contributed by atoms with E-state index in [1.165, 1.54) is 16.4 Å². The zero-order chi connectivity index (χ0) is 25.1. The first-order chi connectivity index (χ1) is 15.8. The van der Waals surface area contributed by atoms with E-state index >= 15 is 0 Å². The smallest absolute Gasteiger partial charge is 0.406 e. The molecule has 10 heteroatoms. The van der Waals surface area contributed by atoms with Gasteiger partial charge in [-0.2, -0.15) is 0 Å². The van der Waals surface area contributed by atoms with Crippen molar-refractivity contribution >= 4 is 27.3 Å². The third-order valence-corrected chi connectivity index (χ3v) is 6.09. The van der Waals surface area contributed by atoms with Crippen molar-refractivity contribution in [1.29, 1.82) is 0 Å². The van der Waals surface area contributed by atoms with E-state index in [2.05, 4.69) is 10.1 Å². The van der Waals surface area contributed by atoms with Crippen LogP contribution in [-0.4, -0.2) is 26.9 Å². The van der Waals surface area contributed by atoms with Gasteiger partial charge in [-0.3, -0.25) is 9.10 Å². The van der Waals surface area contributed by atoms with Crippen molar-refractivity contribution in [3.05, 3.63) is 89.0 Å². The molecule has 0 fully saturated rings. The van der Waals surface area contributed by atoms with Crippen LogP contribution < -0.4 is 14.4 Å². The molecule has 0 aliphatic heterocycles. The van der Waals surface area contributed by atoms with Crippen LogP contribution in [0.2, 0.25) is 0 Å². The number of alkyl halides is 3. The number of hydrogen-bond acceptors (Lipinski definition) is 4. The van der Waals surface area contributed by atoms with Gasteiger partial charge in [0.15, 0.2) is 0 Å². The van der Waals surface area contributed by atoms with E-state index in [1.54, 1.807) is 24.3 Å². The summed E-state index contributed by atoms with van der Waals surface area (Å²) in [5, 5.41) is 2.59. The van der Waals surface area contributed by atoms with E-state index in [0.717, 1.165) is 29.5 Å². The molecule has 0 bridgehead atoms. The third-order valence-electron chi connectivity index (χ3n) is 4.98. The Morgan fingerprint density at radius 2 is 1.50 bits per heavy atom. The van der Waals surface area contributed by atoms with Crippen molar-refractivity contribution in [2.45, 2.75) is 26.8 Å². The Morgan fingerprint density at radius 1 is 0.941 bits per heavy atom. The van der Waals surface area contributed by atoms with E-state index in [1.807, 2.05) is 32.0 Å². The van der Waals surface area contributed by atoms with Crippen molar-refractivity contribution in [3.8, 4) is 5.75 Å². The van der Waals surface area contributed by atoms with Gasteiger partial charge in [0.05, 0.1) is 18.5 Å². The quantitative estimate of drug-likeness (QED) is 0.478. The average molecular weight is 493 g/mol. The Bertz CT molecular complexity index is 1250. The van der Waals surface area contributed by atoms with Gasteiger partial charge in [0.2, 0.25) is 10.0 Å². The first kappa shape index (κ1) is 25.1. The summed E-state index contributed by atoms with van der Waals surface area (Å²) in [6.45, 7) is 3.78. The highest BCUT2D eigenvalue weighted by atomic mass is 32.2. The lowest BCUT2D eigenvalue weighted by atomic mass is 10.1. The van der Waals surface area contributed by atoms with Crippen molar-refractivity contribution in [2.24, 2.45) is 0 Å². The van der Waals surface area contributed by atoms with E-state index in [9.17, 15) is 26.4 Å². The van der Waals surface area contributed by atoms with Crippen LogP contribution in [0.5, 0.6) is 5.75 Å². The number of nitrogens with zero attached hydrogens (tertiary/aromatic N) is 1. The largest absolute Gasteiger partial charge is 0.573 e. The highest BCUT2D eigenvalue weighted by molar-refractivity contribution is 7.92. The molecular weight excluding hydrogens is 469 g/mol. The predicted molar refractivity (Wildman–Crippen MR) is 124 cm³/mol. The Hall–Kier alpha value is -3.53. The molecule has 0 atom stereocenters. The Morgan fingerprint density at radius 3 is 2.00 bits per heavy atom. The molecule has 34 heavy (non-hydrogen) atoms. The summed E-state index contributed by atoms with van der Waals surface area (Å²) >= 11 is 0. The number of aryl methyl sites for hydroxylation is 2. The highest BCUT2D eigenvalue weighted by Gasteiger charge is 2.31. The van der Waals surface area contributed by atoms with Gasteiger partial charge in [0.25, 0.3) is 5.91 Å². The minimum atomic E-state index is -4.79. The number of benzene rings is 3. The van der Waals surface area contributed by atoms with Crippen LogP contribution in [0.4, 0.5) is 24.5 Å². The van der Waals surface area contributed by atoms with Crippen molar-refractivity contribution in [3.63, 3.8) is 0 Å². The minimum absolute atomic E-state index is 0.0904. The van der Waals surface area contributed by atoms with Gasteiger partial charge in [-0.05, 0) is 66.9 Å². The topological polar surface area (TPSA) is 75.7 Å². The van der Waals surface area contributed by atoms with Gasteiger partial charge in [-0.1, -0.05) is 30.3 Å². The van der Waals surface area contributed by atoms with Gasteiger partial charge in [-0.15, -0.1) is 13.2 Å². The number of nitrogens with one attached hydrogen (secondary N) is 1. The Kier molecular flexibility index (Phi) is 7.21. The SMILES string of the molecule is Cc1cccc(C)c1N(Cc1ccc(C(=O)Nc2ccc(OC(F)(F)F)cc2)cc1)S(C)(=O)=O. The third kappa shape index (κ3) is 6.50. The van der Waals surface area contributed by atoms with Crippen LogP contribution in [0.15, 0.2) is 66.7 Å². The van der Waals surface area contributed by atoms with Crippen molar-refractivity contribution in [2.75, 3.05) is 15.9 Å². The second-order valence-corrected chi connectivity index (χ2v) is 9.64. The molecule has 0 aliphatic rings. The molecule has 3 aromatic rings. The summed E-state index contributed by atoms with van der Waals surface area (Å²) in [5.74, 6) is -0.861. The maximum absolute atomic E-state index is 12.5. The first-order valence-corrected chi connectivity index (χ1v) is 12.0. The molecule has 0 aliphatic carbocycles. The molecule has 0 unspecified atom stereocenters. The highest BCUT2D eigenvalue weighted by Crippen LogP contribution is 2.29. The number of hydrogen-bond donors (Lipinski definition) is 1. The number of carbonyl (C=O) groups is 1. The Labute approximate surface area is 196 Å². The molecule has 0 radical (unpaired) electrons. The first-order valence-electron chi connectivity index (χ1n) is 10.1. The molecule has 0 spiro atoms. The maximum Gasteiger partial charge on any atom is 0.573 e. The summed E-state index contributed by atoms with van der Waals surface area (Å²) in [6.07, 6.45) is -3.65. The molecule has 0 saturated heterocycles. The molecule has 3 rings (SSSR count). The fourth-order valence-electron chi connectivity index (χ4n) is 3.43. The number of anilines is 2. The van der Waals surface area contributed by atoms with Gasteiger partial charge >= 0.3 is 6.36 Å². The van der Waals surface area contributed by atoms with E-state index < -0.39 is 28.0 Å². The molecule has 6 nitrogen and oxygen atoms in total. The molecule has 0 heterocycles. The number of sulfonamides is 1. The van der Waals surface area contributed by atoms with Gasteiger partial charge in [0, 0.05) is 11.3 Å². The van der Waals surface area contributed by atoms with Crippen LogP contribution in [-0.2, 0) is 16.6 Å². The molecule has 3 aromatic carbocycles. The zero-order valence-corrected chi connectivity index (χ0v) is 19.5. The number of carbonyl (C=O) groups excluding carboxylic acids is 1. The minimum Gasteiger partial charge on any atom is -0.406 e. The van der Waals surface area contributed by atoms with Crippen LogP contribution in [0.3, 0.4) is 0 Å². The lowest BCUT2D eigenvalue weighted by Crippen LogP contribution is -2.30. The number of halogens is 3. The summed E-state index contributed by atoms with van der Waals surface area (Å²) in [4.78, 5) is 12.5. The lowest BCUT2D eigenvalue weighted by Gasteiger charge is -2.26. The molecular formula is C24H23F3N2O4S.